The minimum Gasteiger partial charge on any atom is -0.373 e. The molecule has 5 heteroatoms. The van der Waals surface area contributed by atoms with Crippen molar-refractivity contribution in [3.05, 3.63) is 18.7 Å². The first-order valence-corrected chi connectivity index (χ1v) is 5.11. The van der Waals surface area contributed by atoms with Crippen LogP contribution in [0, 0.1) is 0 Å². The fourth-order valence-corrected chi connectivity index (χ4v) is 1.85. The van der Waals surface area contributed by atoms with Crippen molar-refractivity contribution < 1.29 is 9.53 Å². The Labute approximate surface area is 88.4 Å². The normalized spacial score (nSPS) is 30.4. The van der Waals surface area contributed by atoms with E-state index in [2.05, 4.69) is 10.3 Å². The van der Waals surface area contributed by atoms with Crippen LogP contribution < -0.4 is 5.32 Å². The second-order valence-electron chi connectivity index (χ2n) is 3.91. The van der Waals surface area contributed by atoms with Crippen LogP contribution in [0.4, 0.5) is 4.79 Å². The molecule has 1 aromatic heterocycles. The SMILES string of the molecule is CC1CC(NC(=O)n2ccnc2)C(C)O1. The molecule has 1 amide bonds. The van der Waals surface area contributed by atoms with Crippen molar-refractivity contribution >= 4 is 6.03 Å². The number of aromatic nitrogens is 2. The lowest BCUT2D eigenvalue weighted by Gasteiger charge is -2.15. The molecule has 1 fully saturated rings. The average molecular weight is 209 g/mol. The van der Waals surface area contributed by atoms with E-state index in [9.17, 15) is 4.79 Å². The van der Waals surface area contributed by atoms with Crippen molar-refractivity contribution in [2.24, 2.45) is 0 Å². The summed E-state index contributed by atoms with van der Waals surface area (Å²) in [6.07, 6.45) is 5.84. The molecule has 15 heavy (non-hydrogen) atoms. The molecule has 1 saturated heterocycles. The first kappa shape index (κ1) is 10.2. The van der Waals surface area contributed by atoms with E-state index in [1.54, 1.807) is 12.4 Å². The highest BCUT2D eigenvalue weighted by Gasteiger charge is 2.30. The summed E-state index contributed by atoms with van der Waals surface area (Å²) in [5.74, 6) is 0. The lowest BCUT2D eigenvalue weighted by Crippen LogP contribution is -2.41. The summed E-state index contributed by atoms with van der Waals surface area (Å²) in [6.45, 7) is 3.99. The zero-order valence-corrected chi connectivity index (χ0v) is 8.88. The molecule has 1 aromatic rings. The summed E-state index contributed by atoms with van der Waals surface area (Å²) in [7, 11) is 0. The zero-order chi connectivity index (χ0) is 10.8. The maximum absolute atomic E-state index is 11.7. The van der Waals surface area contributed by atoms with Gasteiger partial charge in [-0.05, 0) is 20.3 Å². The summed E-state index contributed by atoms with van der Waals surface area (Å²) in [5.41, 5.74) is 0. The van der Waals surface area contributed by atoms with Crippen LogP contribution in [0.2, 0.25) is 0 Å². The third kappa shape index (κ3) is 2.18. The van der Waals surface area contributed by atoms with Gasteiger partial charge < -0.3 is 10.1 Å². The first-order chi connectivity index (χ1) is 7.16. The monoisotopic (exact) mass is 209 g/mol. The van der Waals surface area contributed by atoms with Crippen LogP contribution in [0.5, 0.6) is 0 Å². The Morgan fingerprint density at radius 1 is 1.60 bits per heavy atom. The van der Waals surface area contributed by atoms with E-state index in [0.717, 1.165) is 6.42 Å². The predicted molar refractivity (Wildman–Crippen MR) is 54.6 cm³/mol. The lowest BCUT2D eigenvalue weighted by molar-refractivity contribution is 0.0614. The molecule has 3 unspecified atom stereocenters. The minimum atomic E-state index is -0.151. The highest BCUT2D eigenvalue weighted by molar-refractivity contribution is 5.76. The molecule has 1 aliphatic rings. The Bertz CT molecular complexity index is 336. The van der Waals surface area contributed by atoms with Gasteiger partial charge in [0.15, 0.2) is 0 Å². The molecule has 0 spiro atoms. The van der Waals surface area contributed by atoms with Gasteiger partial charge in [0.2, 0.25) is 0 Å². The molecule has 82 valence electrons. The molecule has 1 N–H and O–H groups in total. The van der Waals surface area contributed by atoms with Crippen LogP contribution >= 0.6 is 0 Å². The molecule has 0 aliphatic carbocycles. The van der Waals surface area contributed by atoms with Gasteiger partial charge in [0.25, 0.3) is 0 Å². The third-order valence-corrected chi connectivity index (χ3v) is 2.65. The van der Waals surface area contributed by atoms with Gasteiger partial charge in [-0.15, -0.1) is 0 Å². The van der Waals surface area contributed by atoms with Crippen LogP contribution in [0.3, 0.4) is 0 Å². The van der Waals surface area contributed by atoms with Crippen molar-refractivity contribution in [2.45, 2.75) is 38.5 Å². The largest absolute Gasteiger partial charge is 0.373 e. The fraction of sp³-hybridized carbons (Fsp3) is 0.600. The van der Waals surface area contributed by atoms with E-state index in [1.165, 1.54) is 10.9 Å². The third-order valence-electron chi connectivity index (χ3n) is 2.65. The van der Waals surface area contributed by atoms with E-state index in [0.29, 0.717) is 0 Å². The van der Waals surface area contributed by atoms with Crippen LogP contribution in [0.25, 0.3) is 0 Å². The van der Waals surface area contributed by atoms with Gasteiger partial charge in [-0.2, -0.15) is 0 Å². The standard InChI is InChI=1S/C10H15N3O2/c1-7-5-9(8(2)15-7)12-10(14)13-4-3-11-6-13/h3-4,6-9H,5H2,1-2H3,(H,12,14). The van der Waals surface area contributed by atoms with Gasteiger partial charge in [0, 0.05) is 12.4 Å². The summed E-state index contributed by atoms with van der Waals surface area (Å²) in [6, 6.07) is -0.0584. The lowest BCUT2D eigenvalue weighted by atomic mass is 10.1. The molecular weight excluding hydrogens is 194 g/mol. The Balaban J connectivity index is 1.95. The molecule has 2 heterocycles. The van der Waals surface area contributed by atoms with E-state index in [4.69, 9.17) is 4.74 Å². The number of amides is 1. The number of carbonyl (C=O) groups is 1. The van der Waals surface area contributed by atoms with Gasteiger partial charge in [-0.3, -0.25) is 4.57 Å². The van der Waals surface area contributed by atoms with Crippen LogP contribution in [0.15, 0.2) is 18.7 Å². The van der Waals surface area contributed by atoms with E-state index < -0.39 is 0 Å². The second kappa shape index (κ2) is 4.02. The van der Waals surface area contributed by atoms with Crippen LogP contribution in [-0.4, -0.2) is 33.8 Å². The summed E-state index contributed by atoms with van der Waals surface area (Å²) >= 11 is 0. The van der Waals surface area contributed by atoms with E-state index >= 15 is 0 Å². The van der Waals surface area contributed by atoms with Crippen molar-refractivity contribution in [2.75, 3.05) is 0 Å². The maximum atomic E-state index is 11.7. The molecule has 5 nitrogen and oxygen atoms in total. The van der Waals surface area contributed by atoms with Gasteiger partial charge in [-0.25, -0.2) is 9.78 Å². The summed E-state index contributed by atoms with van der Waals surface area (Å²) in [4.78, 5) is 15.5. The fourth-order valence-electron chi connectivity index (χ4n) is 1.85. The molecule has 3 atom stereocenters. The number of carbonyl (C=O) groups excluding carboxylic acids is 1. The number of nitrogens with one attached hydrogen (secondary N) is 1. The smallest absolute Gasteiger partial charge is 0.327 e. The topological polar surface area (TPSA) is 56.2 Å². The van der Waals surface area contributed by atoms with Crippen LogP contribution in [0.1, 0.15) is 20.3 Å². The van der Waals surface area contributed by atoms with Gasteiger partial charge >= 0.3 is 6.03 Å². The van der Waals surface area contributed by atoms with Gasteiger partial charge in [0.05, 0.1) is 18.2 Å². The number of nitrogens with zero attached hydrogens (tertiary/aromatic N) is 2. The predicted octanol–water partition coefficient (Wildman–Crippen LogP) is 1.01. The molecule has 2 rings (SSSR count). The number of imidazole rings is 1. The summed E-state index contributed by atoms with van der Waals surface area (Å²) < 4.78 is 6.98. The number of hydrogen-bond acceptors (Lipinski definition) is 3. The van der Waals surface area contributed by atoms with Crippen molar-refractivity contribution in [3.63, 3.8) is 0 Å². The molecule has 1 aliphatic heterocycles. The first-order valence-electron chi connectivity index (χ1n) is 5.11. The Morgan fingerprint density at radius 2 is 2.40 bits per heavy atom. The average Bonchev–Trinajstić information content (AvgIpc) is 2.76. The Hall–Kier alpha value is -1.36. The van der Waals surface area contributed by atoms with Crippen molar-refractivity contribution in [3.8, 4) is 0 Å². The zero-order valence-electron chi connectivity index (χ0n) is 8.88. The second-order valence-corrected chi connectivity index (χ2v) is 3.91. The molecular formula is C10H15N3O2. The molecule has 0 saturated carbocycles. The van der Waals surface area contributed by atoms with Crippen molar-refractivity contribution in [1.29, 1.82) is 0 Å². The number of rotatable bonds is 1. The van der Waals surface area contributed by atoms with E-state index in [1.807, 2.05) is 13.8 Å². The van der Waals surface area contributed by atoms with Crippen LogP contribution in [-0.2, 0) is 4.74 Å². The van der Waals surface area contributed by atoms with E-state index in [-0.39, 0.29) is 24.3 Å². The summed E-state index contributed by atoms with van der Waals surface area (Å²) in [5, 5.41) is 2.92. The highest BCUT2D eigenvalue weighted by atomic mass is 16.5. The Morgan fingerprint density at radius 3 is 2.93 bits per heavy atom. The highest BCUT2D eigenvalue weighted by Crippen LogP contribution is 2.19. The van der Waals surface area contributed by atoms with Gasteiger partial charge in [0.1, 0.15) is 6.33 Å². The quantitative estimate of drug-likeness (QED) is 0.751. The number of ether oxygens (including phenoxy) is 1. The Kier molecular flexibility index (Phi) is 2.73. The van der Waals surface area contributed by atoms with Gasteiger partial charge in [-0.1, -0.05) is 0 Å². The maximum Gasteiger partial charge on any atom is 0.327 e. The molecule has 0 aromatic carbocycles. The molecule has 0 bridgehead atoms. The number of hydrogen-bond donors (Lipinski definition) is 1. The minimum absolute atomic E-state index is 0.0764. The molecule has 0 radical (unpaired) electrons. The van der Waals surface area contributed by atoms with Crippen molar-refractivity contribution in [1.82, 2.24) is 14.9 Å².